The van der Waals surface area contributed by atoms with E-state index in [1.165, 1.54) is 21.3 Å². The lowest BCUT2D eigenvalue weighted by Gasteiger charge is -2.25. The van der Waals surface area contributed by atoms with Gasteiger partial charge in [0.25, 0.3) is 0 Å². The predicted molar refractivity (Wildman–Crippen MR) is 94.8 cm³/mol. The quantitative estimate of drug-likeness (QED) is 0.732. The summed E-state index contributed by atoms with van der Waals surface area (Å²) in [6.45, 7) is 1.83. The fraction of sp³-hybridized carbons (Fsp3) is 0.263. The number of aryl methyl sites for hydroxylation is 1. The van der Waals surface area contributed by atoms with Crippen LogP contribution in [0.25, 0.3) is 11.0 Å². The van der Waals surface area contributed by atoms with Gasteiger partial charge in [0.05, 0.1) is 17.1 Å². The summed E-state index contributed by atoms with van der Waals surface area (Å²) >= 11 is 0. The lowest BCUT2D eigenvalue weighted by molar-refractivity contribution is -0.132. The number of likely N-dealkylation sites (N-methyl/N-ethyl adjacent to an activating group) is 1. The summed E-state index contributed by atoms with van der Waals surface area (Å²) < 4.78 is 16.1. The fourth-order valence-corrected chi connectivity index (χ4v) is 2.94. The Balaban J connectivity index is 1.86. The van der Waals surface area contributed by atoms with Crippen molar-refractivity contribution in [2.45, 2.75) is 19.5 Å². The third kappa shape index (κ3) is 3.07. The Hall–Kier alpha value is -2.89. The average molecular weight is 341 g/mol. The zero-order valence-electron chi connectivity index (χ0n) is 14.4. The Labute approximate surface area is 144 Å². The number of carbonyl (C=O) groups excluding carboxylic acids is 1. The minimum atomic E-state index is -0.313. The van der Waals surface area contributed by atoms with Crippen LogP contribution >= 0.6 is 0 Å². The van der Waals surface area contributed by atoms with E-state index in [0.717, 1.165) is 16.6 Å². The van der Waals surface area contributed by atoms with Crippen molar-refractivity contribution in [3.05, 3.63) is 70.4 Å². The topological polar surface area (TPSA) is 47.2 Å². The molecule has 1 amide bonds. The van der Waals surface area contributed by atoms with Gasteiger partial charge in [-0.1, -0.05) is 24.3 Å². The standard InChI is InChI=1S/C19H20FN3O2/c1-13(14-8-10-15(20)11-9-14)21(2)18(24)12-23-17-7-5-4-6-16(17)22(3)19(23)25/h4-11,13H,12H2,1-3H3/t13-/m1/s1. The van der Waals surface area contributed by atoms with Gasteiger partial charge in [-0.3, -0.25) is 13.9 Å². The van der Waals surface area contributed by atoms with E-state index < -0.39 is 0 Å². The smallest absolute Gasteiger partial charge is 0.329 e. The highest BCUT2D eigenvalue weighted by molar-refractivity contribution is 5.81. The summed E-state index contributed by atoms with van der Waals surface area (Å²) in [6.07, 6.45) is 0. The first-order valence-electron chi connectivity index (χ1n) is 8.05. The van der Waals surface area contributed by atoms with Crippen LogP contribution in [0, 0.1) is 5.82 Å². The molecule has 3 aromatic rings. The largest absolute Gasteiger partial charge is 0.337 e. The molecule has 1 aromatic heterocycles. The lowest BCUT2D eigenvalue weighted by Crippen LogP contribution is -2.35. The Morgan fingerprint density at radius 1 is 1.12 bits per heavy atom. The van der Waals surface area contributed by atoms with Gasteiger partial charge < -0.3 is 4.90 Å². The molecule has 5 nitrogen and oxygen atoms in total. The minimum absolute atomic E-state index is 0.0395. The molecule has 25 heavy (non-hydrogen) atoms. The molecule has 0 saturated heterocycles. The number of fused-ring (bicyclic) bond motifs is 1. The number of rotatable bonds is 4. The Morgan fingerprint density at radius 2 is 1.72 bits per heavy atom. The second-order valence-electron chi connectivity index (χ2n) is 6.15. The zero-order valence-corrected chi connectivity index (χ0v) is 14.4. The van der Waals surface area contributed by atoms with Crippen molar-refractivity contribution in [2.24, 2.45) is 7.05 Å². The summed E-state index contributed by atoms with van der Waals surface area (Å²) in [5, 5.41) is 0. The van der Waals surface area contributed by atoms with E-state index in [4.69, 9.17) is 0 Å². The van der Waals surface area contributed by atoms with E-state index in [0.29, 0.717) is 0 Å². The van der Waals surface area contributed by atoms with Gasteiger partial charge in [0.1, 0.15) is 12.4 Å². The molecule has 130 valence electrons. The molecular formula is C19H20FN3O2. The monoisotopic (exact) mass is 341 g/mol. The lowest BCUT2D eigenvalue weighted by atomic mass is 10.1. The molecule has 0 aliphatic rings. The van der Waals surface area contributed by atoms with Gasteiger partial charge in [-0.25, -0.2) is 9.18 Å². The van der Waals surface area contributed by atoms with Crippen LogP contribution in [0.5, 0.6) is 0 Å². The highest BCUT2D eigenvalue weighted by Gasteiger charge is 2.20. The van der Waals surface area contributed by atoms with Crippen LogP contribution in [-0.4, -0.2) is 27.0 Å². The molecule has 2 aromatic carbocycles. The van der Waals surface area contributed by atoms with Crippen molar-refractivity contribution in [1.29, 1.82) is 0 Å². The first-order chi connectivity index (χ1) is 11.9. The number of halogens is 1. The summed E-state index contributed by atoms with van der Waals surface area (Å²) in [7, 11) is 3.38. The summed E-state index contributed by atoms with van der Waals surface area (Å²) in [6, 6.07) is 13.2. The van der Waals surface area contributed by atoms with E-state index >= 15 is 0 Å². The van der Waals surface area contributed by atoms with Crippen LogP contribution in [0.3, 0.4) is 0 Å². The van der Waals surface area contributed by atoms with Crippen molar-refractivity contribution in [1.82, 2.24) is 14.0 Å². The maximum Gasteiger partial charge on any atom is 0.329 e. The molecule has 1 atom stereocenters. The van der Waals surface area contributed by atoms with Crippen LogP contribution in [0.15, 0.2) is 53.3 Å². The maximum atomic E-state index is 13.1. The first-order valence-corrected chi connectivity index (χ1v) is 8.05. The van der Waals surface area contributed by atoms with Gasteiger partial charge in [0.2, 0.25) is 5.91 Å². The summed E-state index contributed by atoms with van der Waals surface area (Å²) in [4.78, 5) is 26.7. The number of amides is 1. The minimum Gasteiger partial charge on any atom is -0.337 e. The van der Waals surface area contributed by atoms with Crippen molar-refractivity contribution >= 4 is 16.9 Å². The average Bonchev–Trinajstić information content (AvgIpc) is 2.86. The fourth-order valence-electron chi connectivity index (χ4n) is 2.94. The molecule has 6 heteroatoms. The van der Waals surface area contributed by atoms with Crippen LogP contribution in [0.2, 0.25) is 0 Å². The zero-order chi connectivity index (χ0) is 18.1. The molecule has 0 unspecified atom stereocenters. The SMILES string of the molecule is C[C@H](c1ccc(F)cc1)N(C)C(=O)Cn1c(=O)n(C)c2ccccc21. The van der Waals surface area contributed by atoms with E-state index in [2.05, 4.69) is 0 Å². The third-order valence-electron chi connectivity index (χ3n) is 4.67. The molecule has 0 bridgehead atoms. The second kappa shape index (κ2) is 6.55. The van der Waals surface area contributed by atoms with E-state index in [1.54, 1.807) is 31.1 Å². The number of hydrogen-bond acceptors (Lipinski definition) is 2. The highest BCUT2D eigenvalue weighted by Crippen LogP contribution is 2.20. The molecule has 1 heterocycles. The second-order valence-corrected chi connectivity index (χ2v) is 6.15. The third-order valence-corrected chi connectivity index (χ3v) is 4.67. The van der Waals surface area contributed by atoms with Crippen molar-refractivity contribution in [3.8, 4) is 0 Å². The van der Waals surface area contributed by atoms with Gasteiger partial charge in [-0.2, -0.15) is 0 Å². The Kier molecular flexibility index (Phi) is 4.44. The number of nitrogens with zero attached hydrogens (tertiary/aromatic N) is 3. The van der Waals surface area contributed by atoms with E-state index in [9.17, 15) is 14.0 Å². The molecule has 0 fully saturated rings. The molecule has 0 N–H and O–H groups in total. The van der Waals surface area contributed by atoms with Gasteiger partial charge in [-0.15, -0.1) is 0 Å². The molecule has 0 aliphatic heterocycles. The van der Waals surface area contributed by atoms with Crippen LogP contribution in [0.4, 0.5) is 4.39 Å². The van der Waals surface area contributed by atoms with E-state index in [1.807, 2.05) is 31.2 Å². The number of para-hydroxylation sites is 2. The van der Waals surface area contributed by atoms with E-state index in [-0.39, 0.29) is 30.0 Å². The highest BCUT2D eigenvalue weighted by atomic mass is 19.1. The van der Waals surface area contributed by atoms with Gasteiger partial charge >= 0.3 is 5.69 Å². The summed E-state index contributed by atoms with van der Waals surface area (Å²) in [5.74, 6) is -0.498. The predicted octanol–water partition coefficient (Wildman–Crippen LogP) is 2.70. The first kappa shape index (κ1) is 17.0. The molecule has 0 spiro atoms. The number of hydrogen-bond donors (Lipinski definition) is 0. The molecule has 0 saturated carbocycles. The number of imidazole rings is 1. The number of benzene rings is 2. The number of carbonyl (C=O) groups is 1. The molecule has 0 radical (unpaired) electrons. The van der Waals surface area contributed by atoms with Crippen LogP contribution in [0.1, 0.15) is 18.5 Å². The van der Waals surface area contributed by atoms with Crippen molar-refractivity contribution in [3.63, 3.8) is 0 Å². The molecule has 0 aliphatic carbocycles. The van der Waals surface area contributed by atoms with Gasteiger partial charge in [-0.05, 0) is 36.8 Å². The molecule has 3 rings (SSSR count). The van der Waals surface area contributed by atoms with Gasteiger partial charge in [0.15, 0.2) is 0 Å². The Bertz CT molecular complexity index is 972. The van der Waals surface area contributed by atoms with Crippen LogP contribution < -0.4 is 5.69 Å². The van der Waals surface area contributed by atoms with Gasteiger partial charge in [0, 0.05) is 14.1 Å². The number of aromatic nitrogens is 2. The molecular weight excluding hydrogens is 321 g/mol. The maximum absolute atomic E-state index is 13.1. The van der Waals surface area contributed by atoms with Crippen molar-refractivity contribution in [2.75, 3.05) is 7.05 Å². The Morgan fingerprint density at radius 3 is 2.36 bits per heavy atom. The summed E-state index contributed by atoms with van der Waals surface area (Å²) in [5.41, 5.74) is 2.13. The van der Waals surface area contributed by atoms with Crippen LogP contribution in [-0.2, 0) is 18.4 Å². The normalized spacial score (nSPS) is 12.3. The van der Waals surface area contributed by atoms with Crippen molar-refractivity contribution < 1.29 is 9.18 Å².